The molecule has 0 saturated carbocycles. The van der Waals surface area contributed by atoms with E-state index >= 15 is 0 Å². The molecule has 1 nitrogen and oxygen atoms in total. The van der Waals surface area contributed by atoms with Crippen LogP contribution in [0.3, 0.4) is 0 Å². The fourth-order valence-corrected chi connectivity index (χ4v) is 2.22. The van der Waals surface area contributed by atoms with Crippen molar-refractivity contribution < 1.29 is 0 Å². The van der Waals surface area contributed by atoms with E-state index < -0.39 is 0 Å². The summed E-state index contributed by atoms with van der Waals surface area (Å²) in [6, 6.07) is 8.46. The molecule has 72 valence electrons. The van der Waals surface area contributed by atoms with Crippen LogP contribution in [0.25, 0.3) is 0 Å². The topological polar surface area (TPSA) is 12.9 Å². The number of rotatable bonds is 4. The van der Waals surface area contributed by atoms with Gasteiger partial charge in [0.15, 0.2) is 0 Å². The molecule has 2 aromatic heterocycles. The normalized spacial score (nSPS) is 10.3. The summed E-state index contributed by atoms with van der Waals surface area (Å²) < 4.78 is 0. The van der Waals surface area contributed by atoms with Gasteiger partial charge in [-0.15, -0.1) is 11.3 Å². The minimum Gasteiger partial charge on any atom is -0.264 e. The lowest BCUT2D eigenvalue weighted by atomic mass is 10.1. The van der Waals surface area contributed by atoms with Crippen LogP contribution in [0.2, 0.25) is 0 Å². The lowest BCUT2D eigenvalue weighted by Crippen LogP contribution is -1.88. The Bertz CT molecular complexity index is 353. The summed E-state index contributed by atoms with van der Waals surface area (Å²) in [4.78, 5) is 5.58. The molecule has 0 atom stereocenters. The molecule has 2 aromatic rings. The fraction of sp³-hybridized carbons (Fsp3) is 0.250. The summed E-state index contributed by atoms with van der Waals surface area (Å²) in [6.07, 6.45) is 7.31. The maximum absolute atomic E-state index is 4.10. The van der Waals surface area contributed by atoms with Gasteiger partial charge in [-0.05, 0) is 42.3 Å². The molecule has 0 bridgehead atoms. The molecule has 0 aliphatic rings. The van der Waals surface area contributed by atoms with Crippen molar-refractivity contribution in [2.45, 2.75) is 19.3 Å². The Morgan fingerprint density at radius 3 is 2.86 bits per heavy atom. The number of aryl methyl sites for hydroxylation is 2. The van der Waals surface area contributed by atoms with Gasteiger partial charge in [0.25, 0.3) is 0 Å². The lowest BCUT2D eigenvalue weighted by Gasteiger charge is -1.98. The second kappa shape index (κ2) is 4.91. The van der Waals surface area contributed by atoms with Crippen molar-refractivity contribution in [1.29, 1.82) is 0 Å². The summed E-state index contributed by atoms with van der Waals surface area (Å²) in [6.45, 7) is 0. The molecule has 0 saturated heterocycles. The van der Waals surface area contributed by atoms with Crippen LogP contribution in [-0.4, -0.2) is 4.98 Å². The molecule has 0 aromatic carbocycles. The van der Waals surface area contributed by atoms with Crippen molar-refractivity contribution in [3.8, 4) is 0 Å². The lowest BCUT2D eigenvalue weighted by molar-refractivity contribution is 0.827. The van der Waals surface area contributed by atoms with E-state index in [0.29, 0.717) is 0 Å². The third kappa shape index (κ3) is 2.67. The first-order chi connectivity index (χ1) is 6.95. The quantitative estimate of drug-likeness (QED) is 0.743. The van der Waals surface area contributed by atoms with E-state index in [2.05, 4.69) is 28.6 Å². The molecular formula is C12H13NS. The van der Waals surface area contributed by atoms with Gasteiger partial charge in [0.2, 0.25) is 0 Å². The van der Waals surface area contributed by atoms with Crippen LogP contribution in [-0.2, 0) is 12.8 Å². The van der Waals surface area contributed by atoms with E-state index in [-0.39, 0.29) is 0 Å². The van der Waals surface area contributed by atoms with Crippen molar-refractivity contribution in [3.05, 3.63) is 52.5 Å². The molecule has 2 heteroatoms. The second-order valence-electron chi connectivity index (χ2n) is 3.29. The Morgan fingerprint density at radius 2 is 2.14 bits per heavy atom. The van der Waals surface area contributed by atoms with Gasteiger partial charge in [0.05, 0.1) is 0 Å². The second-order valence-corrected chi connectivity index (χ2v) is 4.33. The van der Waals surface area contributed by atoms with E-state index in [0.717, 1.165) is 6.42 Å². The van der Waals surface area contributed by atoms with E-state index in [9.17, 15) is 0 Å². The average molecular weight is 203 g/mol. The zero-order valence-electron chi connectivity index (χ0n) is 8.02. The molecule has 0 aliphatic heterocycles. The summed E-state index contributed by atoms with van der Waals surface area (Å²) in [5.41, 5.74) is 1.34. The zero-order valence-corrected chi connectivity index (χ0v) is 8.83. The Balaban J connectivity index is 1.79. The maximum atomic E-state index is 4.10. The van der Waals surface area contributed by atoms with Crippen molar-refractivity contribution in [1.82, 2.24) is 4.98 Å². The van der Waals surface area contributed by atoms with Crippen molar-refractivity contribution in [2.24, 2.45) is 0 Å². The fourth-order valence-electron chi connectivity index (χ4n) is 1.47. The number of nitrogens with zero attached hydrogens (tertiary/aromatic N) is 1. The molecular weight excluding hydrogens is 190 g/mol. The van der Waals surface area contributed by atoms with Gasteiger partial charge in [0, 0.05) is 17.3 Å². The van der Waals surface area contributed by atoms with E-state index in [1.165, 1.54) is 23.3 Å². The standard InChI is InChI=1S/C12H13NS/c1(6-12-7-3-9-14-12)4-11-5-2-8-13-10-11/h2-3,5,7-10H,1,4,6H2. The van der Waals surface area contributed by atoms with Crippen molar-refractivity contribution >= 4 is 11.3 Å². The molecule has 0 N–H and O–H groups in total. The van der Waals surface area contributed by atoms with Crippen LogP contribution < -0.4 is 0 Å². The third-order valence-corrected chi connectivity index (χ3v) is 3.13. The van der Waals surface area contributed by atoms with Gasteiger partial charge in [-0.25, -0.2) is 0 Å². The number of pyridine rings is 1. The Kier molecular flexibility index (Phi) is 3.30. The van der Waals surface area contributed by atoms with Crippen molar-refractivity contribution in [2.75, 3.05) is 0 Å². The molecule has 0 unspecified atom stereocenters. The van der Waals surface area contributed by atoms with Gasteiger partial charge in [0.1, 0.15) is 0 Å². The molecule has 0 aliphatic carbocycles. The Labute approximate surface area is 88.4 Å². The van der Waals surface area contributed by atoms with Gasteiger partial charge in [-0.1, -0.05) is 12.1 Å². The summed E-state index contributed by atoms with van der Waals surface area (Å²) in [5, 5.41) is 2.14. The molecule has 0 fully saturated rings. The van der Waals surface area contributed by atoms with E-state index in [4.69, 9.17) is 0 Å². The number of thiophene rings is 1. The van der Waals surface area contributed by atoms with Gasteiger partial charge in [-0.2, -0.15) is 0 Å². The summed E-state index contributed by atoms with van der Waals surface area (Å²) in [7, 11) is 0. The van der Waals surface area contributed by atoms with Crippen LogP contribution >= 0.6 is 11.3 Å². The average Bonchev–Trinajstić information content (AvgIpc) is 2.72. The summed E-state index contributed by atoms with van der Waals surface area (Å²) in [5.74, 6) is 0. The van der Waals surface area contributed by atoms with Gasteiger partial charge < -0.3 is 0 Å². The van der Waals surface area contributed by atoms with E-state index in [1.54, 1.807) is 0 Å². The minimum atomic E-state index is 1.13. The molecule has 2 heterocycles. The third-order valence-electron chi connectivity index (χ3n) is 2.19. The molecule has 0 radical (unpaired) electrons. The number of hydrogen-bond donors (Lipinski definition) is 0. The van der Waals surface area contributed by atoms with Crippen molar-refractivity contribution in [3.63, 3.8) is 0 Å². The molecule has 0 spiro atoms. The highest BCUT2D eigenvalue weighted by molar-refractivity contribution is 7.09. The van der Waals surface area contributed by atoms with Gasteiger partial charge >= 0.3 is 0 Å². The van der Waals surface area contributed by atoms with Crippen LogP contribution in [0.5, 0.6) is 0 Å². The zero-order chi connectivity index (χ0) is 9.64. The van der Waals surface area contributed by atoms with Gasteiger partial charge in [-0.3, -0.25) is 4.98 Å². The first kappa shape index (κ1) is 9.41. The minimum absolute atomic E-state index is 1.13. The first-order valence-corrected chi connectivity index (χ1v) is 5.74. The Hall–Kier alpha value is -1.15. The molecule has 14 heavy (non-hydrogen) atoms. The number of hydrogen-bond acceptors (Lipinski definition) is 2. The van der Waals surface area contributed by atoms with Crippen LogP contribution in [0, 0.1) is 0 Å². The van der Waals surface area contributed by atoms with Crippen LogP contribution in [0.15, 0.2) is 42.0 Å². The van der Waals surface area contributed by atoms with E-state index in [1.807, 2.05) is 29.8 Å². The first-order valence-electron chi connectivity index (χ1n) is 4.86. The maximum Gasteiger partial charge on any atom is 0.0299 e. The largest absolute Gasteiger partial charge is 0.264 e. The predicted molar refractivity (Wildman–Crippen MR) is 60.6 cm³/mol. The van der Waals surface area contributed by atoms with Crippen LogP contribution in [0.4, 0.5) is 0 Å². The van der Waals surface area contributed by atoms with Crippen LogP contribution in [0.1, 0.15) is 16.9 Å². The highest BCUT2D eigenvalue weighted by atomic mass is 32.1. The highest BCUT2D eigenvalue weighted by Crippen LogP contribution is 2.12. The predicted octanol–water partition coefficient (Wildman–Crippen LogP) is 3.32. The SMILES string of the molecule is c1cncc(CCCc2cccs2)c1. The Morgan fingerprint density at radius 1 is 1.14 bits per heavy atom. The number of aromatic nitrogens is 1. The monoisotopic (exact) mass is 203 g/mol. The smallest absolute Gasteiger partial charge is 0.0299 e. The highest BCUT2D eigenvalue weighted by Gasteiger charge is 1.95. The molecule has 0 amide bonds. The summed E-state index contributed by atoms with van der Waals surface area (Å²) >= 11 is 1.84. The molecule has 2 rings (SSSR count).